The Hall–Kier alpha value is -1.69. The molecule has 1 N–H and O–H groups in total. The minimum absolute atomic E-state index is 0.721. The maximum Gasteiger partial charge on any atom is 0.140 e. The first kappa shape index (κ1) is 10.8. The molecule has 0 aliphatic heterocycles. The summed E-state index contributed by atoms with van der Waals surface area (Å²) >= 11 is 0. The predicted octanol–water partition coefficient (Wildman–Crippen LogP) is 0.321. The zero-order valence-electron chi connectivity index (χ0n) is 9.59. The second-order valence-electron chi connectivity index (χ2n) is 3.54. The Bertz CT molecular complexity index is 444. The molecule has 0 saturated heterocycles. The first-order valence-corrected chi connectivity index (χ1v) is 5.35. The Morgan fingerprint density at radius 3 is 2.88 bits per heavy atom. The van der Waals surface area contributed by atoms with E-state index in [1.807, 2.05) is 22.5 Å². The maximum atomic E-state index is 4.20. The smallest absolute Gasteiger partial charge is 0.140 e. The predicted molar refractivity (Wildman–Crippen MR) is 59.4 cm³/mol. The molecule has 6 heteroatoms. The third-order valence-electron chi connectivity index (χ3n) is 2.51. The zero-order valence-corrected chi connectivity index (χ0v) is 9.59. The molecular formula is C10H16N6. The first-order chi connectivity index (χ1) is 7.81. The molecular weight excluding hydrogens is 204 g/mol. The van der Waals surface area contributed by atoms with Crippen molar-refractivity contribution >= 4 is 0 Å². The van der Waals surface area contributed by atoms with Crippen molar-refractivity contribution in [1.29, 1.82) is 0 Å². The molecule has 0 unspecified atom stereocenters. The second kappa shape index (κ2) is 4.89. The van der Waals surface area contributed by atoms with E-state index in [0.717, 1.165) is 31.2 Å². The summed E-state index contributed by atoms with van der Waals surface area (Å²) in [5.41, 5.74) is 1.16. The topological polar surface area (TPSA) is 60.6 Å². The summed E-state index contributed by atoms with van der Waals surface area (Å²) in [6.45, 7) is 4.41. The third kappa shape index (κ3) is 2.27. The standard InChI is InChI=1S/C10H16N6/c1-3-16-10(12-8-14-16)7-11-6-9-4-5-13-15(9)2/h4-5,8,11H,3,6-7H2,1-2H3. The number of aromatic nitrogens is 5. The average molecular weight is 220 g/mol. The summed E-state index contributed by atoms with van der Waals surface area (Å²) in [7, 11) is 1.94. The lowest BCUT2D eigenvalue weighted by molar-refractivity contribution is 0.559. The van der Waals surface area contributed by atoms with Gasteiger partial charge in [-0.1, -0.05) is 0 Å². The van der Waals surface area contributed by atoms with Crippen LogP contribution in [0.1, 0.15) is 18.4 Å². The van der Waals surface area contributed by atoms with Gasteiger partial charge < -0.3 is 5.32 Å². The van der Waals surface area contributed by atoms with E-state index in [0.29, 0.717) is 0 Å². The Balaban J connectivity index is 1.87. The SMILES string of the molecule is CCn1ncnc1CNCc1ccnn1C. The molecule has 0 aliphatic rings. The van der Waals surface area contributed by atoms with Gasteiger partial charge in [0.2, 0.25) is 0 Å². The fourth-order valence-corrected chi connectivity index (χ4v) is 1.57. The Morgan fingerprint density at radius 2 is 2.19 bits per heavy atom. The van der Waals surface area contributed by atoms with Gasteiger partial charge in [0.05, 0.1) is 12.2 Å². The van der Waals surface area contributed by atoms with Crippen molar-refractivity contribution in [1.82, 2.24) is 29.9 Å². The van der Waals surface area contributed by atoms with Crippen LogP contribution in [0.4, 0.5) is 0 Å². The van der Waals surface area contributed by atoms with Gasteiger partial charge in [-0.25, -0.2) is 9.67 Å². The van der Waals surface area contributed by atoms with E-state index in [1.165, 1.54) is 0 Å². The van der Waals surface area contributed by atoms with Crippen LogP contribution in [-0.2, 0) is 26.7 Å². The Kier molecular flexibility index (Phi) is 3.31. The van der Waals surface area contributed by atoms with E-state index < -0.39 is 0 Å². The van der Waals surface area contributed by atoms with Gasteiger partial charge in [-0.3, -0.25) is 4.68 Å². The lowest BCUT2D eigenvalue weighted by Crippen LogP contribution is -2.18. The van der Waals surface area contributed by atoms with Crippen LogP contribution in [-0.4, -0.2) is 24.5 Å². The number of aryl methyl sites for hydroxylation is 2. The fraction of sp³-hybridized carbons (Fsp3) is 0.500. The molecule has 0 aliphatic carbocycles. The third-order valence-corrected chi connectivity index (χ3v) is 2.51. The van der Waals surface area contributed by atoms with Crippen molar-refractivity contribution in [2.24, 2.45) is 7.05 Å². The van der Waals surface area contributed by atoms with Crippen LogP contribution in [0.3, 0.4) is 0 Å². The number of nitrogens with one attached hydrogen (secondary N) is 1. The van der Waals surface area contributed by atoms with E-state index in [9.17, 15) is 0 Å². The van der Waals surface area contributed by atoms with E-state index in [2.05, 4.69) is 27.4 Å². The normalized spacial score (nSPS) is 10.9. The molecule has 2 aromatic heterocycles. The van der Waals surface area contributed by atoms with Crippen LogP contribution in [0.15, 0.2) is 18.6 Å². The molecule has 0 saturated carbocycles. The summed E-state index contributed by atoms with van der Waals surface area (Å²) in [5, 5.41) is 11.5. The van der Waals surface area contributed by atoms with Gasteiger partial charge in [0, 0.05) is 26.3 Å². The van der Waals surface area contributed by atoms with Crippen LogP contribution in [0, 0.1) is 0 Å². The molecule has 16 heavy (non-hydrogen) atoms. The number of rotatable bonds is 5. The van der Waals surface area contributed by atoms with Crippen molar-refractivity contribution in [3.63, 3.8) is 0 Å². The maximum absolute atomic E-state index is 4.20. The van der Waals surface area contributed by atoms with E-state index >= 15 is 0 Å². The molecule has 86 valence electrons. The van der Waals surface area contributed by atoms with Gasteiger partial charge in [0.25, 0.3) is 0 Å². The summed E-state index contributed by atoms with van der Waals surface area (Å²) in [4.78, 5) is 4.20. The highest BCUT2D eigenvalue weighted by Gasteiger charge is 2.02. The zero-order chi connectivity index (χ0) is 11.4. The Morgan fingerprint density at radius 1 is 1.31 bits per heavy atom. The summed E-state index contributed by atoms with van der Waals surface area (Å²) in [6, 6.07) is 2.00. The molecule has 2 heterocycles. The monoisotopic (exact) mass is 220 g/mol. The highest BCUT2D eigenvalue weighted by molar-refractivity contribution is 4.99. The van der Waals surface area contributed by atoms with Crippen LogP contribution in [0.2, 0.25) is 0 Å². The lowest BCUT2D eigenvalue weighted by Gasteiger charge is -2.05. The molecule has 6 nitrogen and oxygen atoms in total. The van der Waals surface area contributed by atoms with Gasteiger partial charge in [0.1, 0.15) is 12.2 Å². The molecule has 0 aromatic carbocycles. The number of nitrogens with zero attached hydrogens (tertiary/aromatic N) is 5. The van der Waals surface area contributed by atoms with E-state index in [-0.39, 0.29) is 0 Å². The van der Waals surface area contributed by atoms with Crippen molar-refractivity contribution in [3.8, 4) is 0 Å². The molecule has 0 bridgehead atoms. The average Bonchev–Trinajstić information content (AvgIpc) is 2.88. The highest BCUT2D eigenvalue weighted by Crippen LogP contribution is 1.97. The lowest BCUT2D eigenvalue weighted by atomic mass is 10.4. The molecule has 0 radical (unpaired) electrons. The Labute approximate surface area is 94.3 Å². The molecule has 0 atom stereocenters. The number of hydrogen-bond acceptors (Lipinski definition) is 4. The van der Waals surface area contributed by atoms with Gasteiger partial charge in [-0.05, 0) is 13.0 Å². The van der Waals surface area contributed by atoms with Crippen molar-refractivity contribution in [2.75, 3.05) is 0 Å². The second-order valence-corrected chi connectivity index (χ2v) is 3.54. The van der Waals surface area contributed by atoms with Crippen LogP contribution < -0.4 is 5.32 Å². The van der Waals surface area contributed by atoms with E-state index in [1.54, 1.807) is 12.5 Å². The van der Waals surface area contributed by atoms with Crippen molar-refractivity contribution in [2.45, 2.75) is 26.6 Å². The largest absolute Gasteiger partial charge is 0.304 e. The van der Waals surface area contributed by atoms with Crippen LogP contribution in [0.5, 0.6) is 0 Å². The number of hydrogen-bond donors (Lipinski definition) is 1. The minimum atomic E-state index is 0.721. The summed E-state index contributed by atoms with van der Waals surface area (Å²) in [5.74, 6) is 0.963. The van der Waals surface area contributed by atoms with Gasteiger partial charge in [-0.15, -0.1) is 0 Å². The molecule has 0 amide bonds. The molecule has 0 fully saturated rings. The molecule has 0 spiro atoms. The van der Waals surface area contributed by atoms with Gasteiger partial charge >= 0.3 is 0 Å². The van der Waals surface area contributed by atoms with Gasteiger partial charge in [-0.2, -0.15) is 10.2 Å². The highest BCUT2D eigenvalue weighted by atomic mass is 15.3. The summed E-state index contributed by atoms with van der Waals surface area (Å²) in [6.07, 6.45) is 3.39. The summed E-state index contributed by atoms with van der Waals surface area (Å²) < 4.78 is 3.74. The van der Waals surface area contributed by atoms with Crippen LogP contribution in [0.25, 0.3) is 0 Å². The quantitative estimate of drug-likeness (QED) is 0.788. The van der Waals surface area contributed by atoms with Crippen LogP contribution >= 0.6 is 0 Å². The molecule has 2 rings (SSSR count). The first-order valence-electron chi connectivity index (χ1n) is 5.35. The fourth-order valence-electron chi connectivity index (χ4n) is 1.57. The van der Waals surface area contributed by atoms with Crippen molar-refractivity contribution < 1.29 is 0 Å². The molecule has 2 aromatic rings. The van der Waals surface area contributed by atoms with Crippen molar-refractivity contribution in [3.05, 3.63) is 30.1 Å². The minimum Gasteiger partial charge on any atom is -0.304 e. The van der Waals surface area contributed by atoms with Gasteiger partial charge in [0.15, 0.2) is 0 Å². The van der Waals surface area contributed by atoms with E-state index in [4.69, 9.17) is 0 Å².